The van der Waals surface area contributed by atoms with Crippen molar-refractivity contribution in [3.63, 3.8) is 0 Å². The van der Waals surface area contributed by atoms with Crippen LogP contribution >= 0.6 is 15.9 Å². The van der Waals surface area contributed by atoms with Crippen LogP contribution in [0.5, 0.6) is 0 Å². The summed E-state index contributed by atoms with van der Waals surface area (Å²) in [7, 11) is 0. The van der Waals surface area contributed by atoms with Crippen LogP contribution in [-0.2, 0) is 9.53 Å². The van der Waals surface area contributed by atoms with E-state index in [9.17, 15) is 14.9 Å². The van der Waals surface area contributed by atoms with Gasteiger partial charge in [-0.05, 0) is 22.0 Å². The van der Waals surface area contributed by atoms with Crippen LogP contribution in [0.3, 0.4) is 0 Å². The second-order valence-electron chi connectivity index (χ2n) is 4.51. The molecule has 0 aliphatic carbocycles. The van der Waals surface area contributed by atoms with Crippen molar-refractivity contribution < 1.29 is 19.4 Å². The van der Waals surface area contributed by atoms with Crippen LogP contribution < -0.4 is 10.2 Å². The van der Waals surface area contributed by atoms with E-state index in [1.54, 1.807) is 0 Å². The number of amides is 1. The summed E-state index contributed by atoms with van der Waals surface area (Å²) >= 11 is 3.22. The summed E-state index contributed by atoms with van der Waals surface area (Å²) in [5, 5.41) is 13.4. The quantitative estimate of drug-likeness (QED) is 0.604. The molecule has 0 unspecified atom stereocenters. The molecule has 7 nitrogen and oxygen atoms in total. The average molecular weight is 345 g/mol. The van der Waals surface area contributed by atoms with E-state index in [1.807, 2.05) is 0 Å². The van der Waals surface area contributed by atoms with Crippen LogP contribution in [0.15, 0.2) is 22.7 Å². The number of quaternary nitrogens is 1. The van der Waals surface area contributed by atoms with Gasteiger partial charge in [0.25, 0.3) is 11.6 Å². The maximum atomic E-state index is 11.9. The van der Waals surface area contributed by atoms with E-state index >= 15 is 0 Å². The zero-order chi connectivity index (χ0) is 14.5. The van der Waals surface area contributed by atoms with Crippen molar-refractivity contribution in [3.05, 3.63) is 32.8 Å². The molecule has 20 heavy (non-hydrogen) atoms. The van der Waals surface area contributed by atoms with Gasteiger partial charge >= 0.3 is 0 Å². The summed E-state index contributed by atoms with van der Waals surface area (Å²) in [6.45, 7) is 3.34. The molecule has 1 aliphatic rings. The molecule has 108 valence electrons. The molecule has 1 aliphatic heterocycles. The first-order valence-corrected chi connectivity index (χ1v) is 7.00. The van der Waals surface area contributed by atoms with Crippen LogP contribution in [0.4, 0.5) is 11.4 Å². The molecule has 1 aromatic rings. The van der Waals surface area contributed by atoms with Crippen LogP contribution in [0.25, 0.3) is 0 Å². The zero-order valence-corrected chi connectivity index (χ0v) is 12.3. The minimum Gasteiger partial charge on any atom is -0.370 e. The number of anilines is 1. The number of nitro groups is 1. The summed E-state index contributed by atoms with van der Waals surface area (Å²) in [6, 6.07) is 4.26. The second kappa shape index (κ2) is 6.78. The molecule has 0 saturated carbocycles. The van der Waals surface area contributed by atoms with Gasteiger partial charge in [0.15, 0.2) is 6.54 Å². The number of morpholine rings is 1. The number of nitrogens with zero attached hydrogens (tertiary/aromatic N) is 1. The molecule has 1 amide bonds. The number of benzene rings is 1. The Bertz CT molecular complexity index is 517. The topological polar surface area (TPSA) is 85.9 Å². The molecule has 0 aromatic heterocycles. The average Bonchev–Trinajstić information content (AvgIpc) is 2.42. The highest BCUT2D eigenvalue weighted by Gasteiger charge is 2.18. The molecule has 0 radical (unpaired) electrons. The normalized spacial score (nSPS) is 15.8. The minimum atomic E-state index is -0.478. The smallest absolute Gasteiger partial charge is 0.279 e. The van der Waals surface area contributed by atoms with Crippen molar-refractivity contribution in [2.75, 3.05) is 38.2 Å². The van der Waals surface area contributed by atoms with E-state index in [-0.39, 0.29) is 11.6 Å². The molecule has 0 spiro atoms. The fourth-order valence-electron chi connectivity index (χ4n) is 1.98. The van der Waals surface area contributed by atoms with Gasteiger partial charge in [-0.3, -0.25) is 14.9 Å². The van der Waals surface area contributed by atoms with Gasteiger partial charge in [0.05, 0.1) is 23.8 Å². The fraction of sp³-hybridized carbons (Fsp3) is 0.417. The molecular weight excluding hydrogens is 330 g/mol. The molecule has 1 aromatic carbocycles. The molecular formula is C12H15BrN3O4+. The number of halogens is 1. The number of carbonyl (C=O) groups is 1. The van der Waals surface area contributed by atoms with Crippen molar-refractivity contribution in [1.29, 1.82) is 0 Å². The van der Waals surface area contributed by atoms with Gasteiger partial charge in [-0.25, -0.2) is 0 Å². The lowest BCUT2D eigenvalue weighted by molar-refractivity contribution is -0.899. The number of ether oxygens (including phenoxy) is 1. The maximum absolute atomic E-state index is 11.9. The molecule has 2 N–H and O–H groups in total. The highest BCUT2D eigenvalue weighted by molar-refractivity contribution is 9.10. The van der Waals surface area contributed by atoms with Crippen LogP contribution in [0, 0.1) is 10.1 Å². The Labute approximate surface area is 124 Å². The minimum absolute atomic E-state index is 0.0197. The third-order valence-electron chi connectivity index (χ3n) is 3.05. The molecule has 1 heterocycles. The summed E-state index contributed by atoms with van der Waals surface area (Å²) in [5.74, 6) is -0.114. The van der Waals surface area contributed by atoms with Gasteiger partial charge in [-0.2, -0.15) is 0 Å². The number of hydrogen-bond acceptors (Lipinski definition) is 4. The lowest BCUT2D eigenvalue weighted by atomic mass is 10.3. The lowest BCUT2D eigenvalue weighted by Crippen LogP contribution is -3.15. The van der Waals surface area contributed by atoms with Gasteiger partial charge < -0.3 is 15.0 Å². The number of carbonyl (C=O) groups excluding carboxylic acids is 1. The summed E-state index contributed by atoms with van der Waals surface area (Å²) in [4.78, 5) is 23.3. The van der Waals surface area contributed by atoms with Gasteiger partial charge in [0.1, 0.15) is 13.1 Å². The van der Waals surface area contributed by atoms with Crippen molar-refractivity contribution in [2.45, 2.75) is 0 Å². The first-order chi connectivity index (χ1) is 9.56. The first kappa shape index (κ1) is 14.9. The number of hydrogen-bond donors (Lipinski definition) is 2. The molecule has 0 atom stereocenters. The monoisotopic (exact) mass is 344 g/mol. The summed E-state index contributed by atoms with van der Waals surface area (Å²) in [6.07, 6.45) is 0. The zero-order valence-electron chi connectivity index (χ0n) is 10.7. The van der Waals surface area contributed by atoms with E-state index in [4.69, 9.17) is 4.74 Å². The van der Waals surface area contributed by atoms with Crippen molar-refractivity contribution in [2.24, 2.45) is 0 Å². The number of rotatable bonds is 4. The highest BCUT2D eigenvalue weighted by Crippen LogP contribution is 2.26. The Morgan fingerprint density at radius 1 is 1.45 bits per heavy atom. The number of nitro benzene ring substituents is 1. The maximum Gasteiger partial charge on any atom is 0.279 e. The van der Waals surface area contributed by atoms with E-state index < -0.39 is 4.92 Å². The third-order valence-corrected chi connectivity index (χ3v) is 3.70. The van der Waals surface area contributed by atoms with E-state index in [0.717, 1.165) is 13.1 Å². The largest absolute Gasteiger partial charge is 0.370 e. The highest BCUT2D eigenvalue weighted by atomic mass is 79.9. The van der Waals surface area contributed by atoms with Crippen molar-refractivity contribution in [3.8, 4) is 0 Å². The van der Waals surface area contributed by atoms with Gasteiger partial charge in [0, 0.05) is 16.6 Å². The van der Waals surface area contributed by atoms with Crippen LogP contribution in [0.2, 0.25) is 0 Å². The number of nitrogens with one attached hydrogen (secondary N) is 2. The van der Waals surface area contributed by atoms with Gasteiger partial charge in [-0.1, -0.05) is 0 Å². The Morgan fingerprint density at radius 2 is 2.15 bits per heavy atom. The Hall–Kier alpha value is -1.51. The number of non-ortho nitro benzene ring substituents is 1. The van der Waals surface area contributed by atoms with Crippen LogP contribution in [-0.4, -0.2) is 43.7 Å². The standard InChI is InChI=1S/C12H14BrN3O4/c13-10-7-9(16(18)19)1-2-11(10)14-12(17)8-15-3-5-20-6-4-15/h1-2,7H,3-6,8H2,(H,14,17)/p+1. The lowest BCUT2D eigenvalue weighted by Gasteiger charge is -2.23. The fourth-order valence-corrected chi connectivity index (χ4v) is 2.44. The summed E-state index contributed by atoms with van der Waals surface area (Å²) in [5.41, 5.74) is 0.516. The SMILES string of the molecule is O=C(C[NH+]1CCOCC1)Nc1ccc([N+](=O)[O-])cc1Br. The Morgan fingerprint density at radius 3 is 2.75 bits per heavy atom. The molecule has 1 fully saturated rings. The van der Waals surface area contributed by atoms with Crippen molar-refractivity contribution in [1.82, 2.24) is 0 Å². The van der Waals surface area contributed by atoms with E-state index in [1.165, 1.54) is 23.1 Å². The molecule has 8 heteroatoms. The van der Waals surface area contributed by atoms with E-state index in [2.05, 4.69) is 21.2 Å². The summed E-state index contributed by atoms with van der Waals surface area (Å²) < 4.78 is 5.73. The van der Waals surface area contributed by atoms with Gasteiger partial charge in [0.2, 0.25) is 0 Å². The molecule has 2 rings (SSSR count). The first-order valence-electron chi connectivity index (χ1n) is 6.21. The third kappa shape index (κ3) is 3.99. The van der Waals surface area contributed by atoms with Crippen molar-refractivity contribution >= 4 is 33.2 Å². The molecule has 0 bridgehead atoms. The van der Waals surface area contributed by atoms with Crippen LogP contribution in [0.1, 0.15) is 0 Å². The second-order valence-corrected chi connectivity index (χ2v) is 5.36. The van der Waals surface area contributed by atoms with Gasteiger partial charge in [-0.15, -0.1) is 0 Å². The predicted octanol–water partition coefficient (Wildman–Crippen LogP) is 0.211. The predicted molar refractivity (Wildman–Crippen MR) is 75.8 cm³/mol. The van der Waals surface area contributed by atoms with E-state index in [0.29, 0.717) is 29.9 Å². The Balaban J connectivity index is 1.95. The molecule has 1 saturated heterocycles. The Kier molecular flexibility index (Phi) is 5.05.